The van der Waals surface area contributed by atoms with Gasteiger partial charge in [-0.1, -0.05) is 60.7 Å². The number of carbonyl (C=O) groups is 4. The molecule has 4 atom stereocenters. The van der Waals surface area contributed by atoms with Crippen molar-refractivity contribution in [3.8, 4) is 0 Å². The molecule has 2 fully saturated rings. The van der Waals surface area contributed by atoms with Gasteiger partial charge < -0.3 is 10.2 Å². The van der Waals surface area contributed by atoms with Crippen molar-refractivity contribution in [2.45, 2.75) is 25.8 Å². The van der Waals surface area contributed by atoms with Gasteiger partial charge in [0.05, 0.1) is 12.6 Å². The van der Waals surface area contributed by atoms with Crippen molar-refractivity contribution in [1.29, 1.82) is 0 Å². The number of hydrogen-bond donors (Lipinski definition) is 1. The Morgan fingerprint density at radius 1 is 0.865 bits per heavy atom. The molecule has 0 aromatic heterocycles. The van der Waals surface area contributed by atoms with Crippen LogP contribution in [-0.4, -0.2) is 79.4 Å². The first-order valence-electron chi connectivity index (χ1n) is 13.1. The van der Waals surface area contributed by atoms with Crippen LogP contribution in [0.5, 0.6) is 0 Å². The third-order valence-corrected chi connectivity index (χ3v) is 7.98. The molecule has 2 aliphatic heterocycles. The molecule has 196 valence electrons. The third-order valence-electron chi connectivity index (χ3n) is 7.98. The normalized spacial score (nSPS) is 24.8. The van der Waals surface area contributed by atoms with Crippen molar-refractivity contribution >= 4 is 23.3 Å². The topological polar surface area (TPSA) is 86.8 Å². The van der Waals surface area contributed by atoms with Crippen molar-refractivity contribution in [2.24, 2.45) is 23.7 Å². The summed E-state index contributed by atoms with van der Waals surface area (Å²) in [5.74, 6) is -1.88. The summed E-state index contributed by atoms with van der Waals surface area (Å²) >= 11 is 0. The van der Waals surface area contributed by atoms with E-state index in [9.17, 15) is 19.2 Å². The van der Waals surface area contributed by atoms with Gasteiger partial charge in [0.15, 0.2) is 11.6 Å². The summed E-state index contributed by atoms with van der Waals surface area (Å²) < 4.78 is 0. The number of carbonyl (C=O) groups excluding carboxylic acids is 4. The first-order valence-corrected chi connectivity index (χ1v) is 13.1. The van der Waals surface area contributed by atoms with Crippen LogP contribution in [0.3, 0.4) is 0 Å². The first kappa shape index (κ1) is 26.9. The van der Waals surface area contributed by atoms with Gasteiger partial charge in [-0.25, -0.2) is 0 Å². The van der Waals surface area contributed by atoms with Crippen LogP contribution >= 0.6 is 0 Å². The zero-order valence-corrected chi connectivity index (χ0v) is 21.9. The molecule has 0 aliphatic carbocycles. The van der Waals surface area contributed by atoms with Gasteiger partial charge in [-0.2, -0.15) is 0 Å². The van der Waals surface area contributed by atoms with Crippen LogP contribution in [0.25, 0.3) is 0 Å². The van der Waals surface area contributed by atoms with E-state index in [0.717, 1.165) is 25.9 Å². The number of hydrogen-bond acceptors (Lipinski definition) is 6. The lowest BCUT2D eigenvalue weighted by molar-refractivity contribution is -0.136. The Labute approximate surface area is 219 Å². The van der Waals surface area contributed by atoms with E-state index in [4.69, 9.17) is 0 Å². The highest BCUT2D eigenvalue weighted by molar-refractivity contribution is 6.04. The lowest BCUT2D eigenvalue weighted by Crippen LogP contribution is -2.63. The van der Waals surface area contributed by atoms with Crippen molar-refractivity contribution in [3.05, 3.63) is 71.8 Å². The number of amides is 1. The van der Waals surface area contributed by atoms with Crippen molar-refractivity contribution in [2.75, 3.05) is 40.3 Å². The molecular weight excluding hydrogens is 466 g/mol. The van der Waals surface area contributed by atoms with Gasteiger partial charge in [-0.3, -0.25) is 24.1 Å². The lowest BCUT2D eigenvalue weighted by atomic mass is 9.61. The number of piperidine rings is 2. The Morgan fingerprint density at radius 2 is 1.41 bits per heavy atom. The third kappa shape index (κ3) is 5.89. The number of Topliss-reactive ketones (excluding diaryl/α,β-unsaturated/α-hetero) is 3. The monoisotopic (exact) mass is 503 g/mol. The molecule has 2 aliphatic rings. The van der Waals surface area contributed by atoms with Crippen LogP contribution in [0.1, 0.15) is 40.5 Å². The molecule has 0 spiro atoms. The molecule has 2 aromatic rings. The molecule has 0 saturated carbocycles. The van der Waals surface area contributed by atoms with Crippen molar-refractivity contribution in [1.82, 2.24) is 15.1 Å². The largest absolute Gasteiger partial charge is 0.348 e. The smallest absolute Gasteiger partial charge is 0.236 e. The minimum absolute atomic E-state index is 0.0205. The highest BCUT2D eigenvalue weighted by Gasteiger charge is 2.53. The zero-order valence-electron chi connectivity index (χ0n) is 21.9. The Hall–Kier alpha value is -3.16. The number of benzene rings is 2. The quantitative estimate of drug-likeness (QED) is 0.558. The minimum Gasteiger partial charge on any atom is -0.348 e. The Morgan fingerprint density at radius 3 is 1.92 bits per heavy atom. The van der Waals surface area contributed by atoms with Crippen LogP contribution in [-0.2, 0) is 9.59 Å². The summed E-state index contributed by atoms with van der Waals surface area (Å²) in [4.78, 5) is 57.7. The van der Waals surface area contributed by atoms with E-state index in [1.807, 2.05) is 48.5 Å². The summed E-state index contributed by atoms with van der Waals surface area (Å²) in [5.41, 5.74) is 1.13. The van der Waals surface area contributed by atoms with Crippen molar-refractivity contribution in [3.63, 3.8) is 0 Å². The molecule has 7 heteroatoms. The first-order chi connectivity index (χ1) is 17.8. The Bertz CT molecular complexity index is 1110. The van der Waals surface area contributed by atoms with Gasteiger partial charge in [0, 0.05) is 43.6 Å². The van der Waals surface area contributed by atoms with E-state index >= 15 is 0 Å². The lowest BCUT2D eigenvalue weighted by Gasteiger charge is -2.50. The van der Waals surface area contributed by atoms with Crippen LogP contribution in [0.2, 0.25) is 0 Å². The van der Waals surface area contributed by atoms with E-state index in [1.54, 1.807) is 31.1 Å². The number of ketones is 3. The fraction of sp³-hybridized carbons (Fsp3) is 0.467. The SMILES string of the molecule is CC(=O)[C@H]1C(C(=O)c2ccccc2)C(C2CCNCC2)C(C(=O)c2ccccc2)CN1CC(=O)N(C)C. The van der Waals surface area contributed by atoms with E-state index in [2.05, 4.69) is 5.32 Å². The Kier molecular flexibility index (Phi) is 8.67. The van der Waals surface area contributed by atoms with E-state index in [0.29, 0.717) is 11.1 Å². The summed E-state index contributed by atoms with van der Waals surface area (Å²) in [6.45, 7) is 3.38. The molecule has 7 nitrogen and oxygen atoms in total. The second-order valence-electron chi connectivity index (χ2n) is 10.5. The van der Waals surface area contributed by atoms with Gasteiger partial charge in [0.1, 0.15) is 5.78 Å². The van der Waals surface area contributed by atoms with Crippen molar-refractivity contribution < 1.29 is 19.2 Å². The summed E-state index contributed by atoms with van der Waals surface area (Å²) in [5, 5.41) is 3.39. The molecule has 0 radical (unpaired) electrons. The predicted molar refractivity (Wildman–Crippen MR) is 142 cm³/mol. The molecule has 0 bridgehead atoms. The van der Waals surface area contributed by atoms with Crippen LogP contribution in [0.15, 0.2) is 60.7 Å². The van der Waals surface area contributed by atoms with Crippen LogP contribution in [0.4, 0.5) is 0 Å². The maximum Gasteiger partial charge on any atom is 0.236 e. The van der Waals surface area contributed by atoms with Gasteiger partial charge >= 0.3 is 0 Å². The molecule has 37 heavy (non-hydrogen) atoms. The Balaban J connectivity index is 1.85. The van der Waals surface area contributed by atoms with Gasteiger partial charge in [-0.15, -0.1) is 0 Å². The highest BCUT2D eigenvalue weighted by Crippen LogP contribution is 2.44. The van der Waals surface area contributed by atoms with Crippen LogP contribution in [0, 0.1) is 23.7 Å². The van der Waals surface area contributed by atoms with E-state index in [1.165, 1.54) is 11.8 Å². The number of nitrogens with zero attached hydrogens (tertiary/aromatic N) is 2. The highest BCUT2D eigenvalue weighted by atomic mass is 16.2. The predicted octanol–water partition coefficient (Wildman–Crippen LogP) is 2.96. The maximum absolute atomic E-state index is 14.2. The van der Waals surface area contributed by atoms with Gasteiger partial charge in [0.25, 0.3) is 0 Å². The summed E-state index contributed by atoms with van der Waals surface area (Å²) in [6, 6.07) is 17.4. The molecule has 1 amide bonds. The molecule has 2 aromatic carbocycles. The fourth-order valence-corrected chi connectivity index (χ4v) is 6.20. The summed E-state index contributed by atoms with van der Waals surface area (Å²) in [7, 11) is 3.35. The number of likely N-dealkylation sites (N-methyl/N-ethyl adjacent to an activating group) is 1. The second-order valence-corrected chi connectivity index (χ2v) is 10.5. The molecule has 2 saturated heterocycles. The molecule has 4 rings (SSSR count). The average molecular weight is 504 g/mol. The maximum atomic E-state index is 14.2. The van der Waals surface area contributed by atoms with E-state index < -0.39 is 17.9 Å². The molecular formula is C30H37N3O4. The number of rotatable bonds is 8. The van der Waals surface area contributed by atoms with E-state index in [-0.39, 0.29) is 48.2 Å². The minimum atomic E-state index is -0.767. The molecule has 2 heterocycles. The molecule has 3 unspecified atom stereocenters. The zero-order chi connectivity index (χ0) is 26.5. The average Bonchev–Trinajstić information content (AvgIpc) is 2.92. The fourth-order valence-electron chi connectivity index (χ4n) is 6.20. The molecule has 1 N–H and O–H groups in total. The van der Waals surface area contributed by atoms with Gasteiger partial charge in [0.2, 0.25) is 5.91 Å². The summed E-state index contributed by atoms with van der Waals surface area (Å²) in [6.07, 6.45) is 1.67. The van der Waals surface area contributed by atoms with Gasteiger partial charge in [-0.05, 0) is 44.7 Å². The number of nitrogens with one attached hydrogen (secondary N) is 1. The van der Waals surface area contributed by atoms with Crippen LogP contribution < -0.4 is 5.32 Å². The second kappa shape index (κ2) is 11.9. The number of likely N-dealkylation sites (tertiary alicyclic amines) is 1. The standard InChI is InChI=1S/C30H37N3O4/c1-20(34)28-27(30(37)23-12-8-5-9-13-23)26(21-14-16-31-17-15-21)24(18-33(28)19-25(35)32(2)3)29(36)22-10-6-4-7-11-22/h4-13,21,24,26-28,31H,14-19H2,1-3H3/t24?,26?,27?,28-/m0/s1.